The van der Waals surface area contributed by atoms with E-state index in [1.54, 1.807) is 4.90 Å². The number of urea groups is 1. The number of aromatic nitrogens is 2. The highest BCUT2D eigenvalue weighted by molar-refractivity contribution is 5.89. The molecule has 2 aliphatic rings. The van der Waals surface area contributed by atoms with Gasteiger partial charge in [-0.05, 0) is 55.3 Å². The van der Waals surface area contributed by atoms with Gasteiger partial charge >= 0.3 is 6.03 Å². The van der Waals surface area contributed by atoms with Gasteiger partial charge in [0.2, 0.25) is 11.8 Å². The van der Waals surface area contributed by atoms with Crippen LogP contribution < -0.4 is 15.0 Å². The molecule has 2 aromatic carbocycles. The number of carbonyl (C=O) groups excluding carboxylic acids is 1. The number of anilines is 2. The van der Waals surface area contributed by atoms with Crippen LogP contribution in [0.3, 0.4) is 0 Å². The number of fused-ring (bicyclic) bond motifs is 1. The highest BCUT2D eigenvalue weighted by Gasteiger charge is 2.28. The van der Waals surface area contributed by atoms with Gasteiger partial charge in [0.05, 0.1) is 17.8 Å². The summed E-state index contributed by atoms with van der Waals surface area (Å²) >= 11 is 0. The molecular formula is C29H36N6O2. The van der Waals surface area contributed by atoms with Crippen molar-refractivity contribution in [2.45, 2.75) is 39.7 Å². The van der Waals surface area contributed by atoms with Gasteiger partial charge in [0.15, 0.2) is 0 Å². The molecule has 0 radical (unpaired) electrons. The minimum Gasteiger partial charge on any atom is -0.438 e. The topological polar surface area (TPSA) is 73.8 Å². The Labute approximate surface area is 219 Å². The first-order chi connectivity index (χ1) is 17.9. The molecule has 2 amide bonds. The van der Waals surface area contributed by atoms with Crippen LogP contribution >= 0.6 is 0 Å². The molecule has 0 spiro atoms. The van der Waals surface area contributed by atoms with Gasteiger partial charge in [-0.25, -0.2) is 9.78 Å². The summed E-state index contributed by atoms with van der Waals surface area (Å²) in [6, 6.07) is 15.9. The molecule has 0 bridgehead atoms. The number of piperazine rings is 1. The van der Waals surface area contributed by atoms with Crippen LogP contribution in [0.15, 0.2) is 48.5 Å². The fourth-order valence-corrected chi connectivity index (χ4v) is 4.72. The molecule has 3 aromatic rings. The summed E-state index contributed by atoms with van der Waals surface area (Å²) in [4.78, 5) is 29.3. The molecule has 2 aliphatic heterocycles. The van der Waals surface area contributed by atoms with Crippen LogP contribution in [0.25, 0.3) is 0 Å². The second-order valence-corrected chi connectivity index (χ2v) is 10.3. The SMILES string of the molecule is Cc1cccc(Oc2nc(N3CCN(C)CC3)nc3c2CN(C(=O)Nc2ccc(C(C)C)cc2)CC3)c1. The number of hydrogen-bond donors (Lipinski definition) is 1. The van der Waals surface area contributed by atoms with Gasteiger partial charge in [-0.3, -0.25) is 0 Å². The van der Waals surface area contributed by atoms with E-state index in [-0.39, 0.29) is 6.03 Å². The largest absolute Gasteiger partial charge is 0.438 e. The third-order valence-corrected chi connectivity index (χ3v) is 7.12. The molecule has 1 N–H and O–H groups in total. The second kappa shape index (κ2) is 10.8. The smallest absolute Gasteiger partial charge is 0.322 e. The zero-order valence-electron chi connectivity index (χ0n) is 22.2. The summed E-state index contributed by atoms with van der Waals surface area (Å²) in [7, 11) is 2.13. The Hall–Kier alpha value is -3.65. The average molecular weight is 501 g/mol. The van der Waals surface area contributed by atoms with Crippen molar-refractivity contribution in [3.8, 4) is 11.6 Å². The summed E-state index contributed by atoms with van der Waals surface area (Å²) in [6.07, 6.45) is 0.655. The summed E-state index contributed by atoms with van der Waals surface area (Å²) in [5.41, 5.74) is 4.98. The van der Waals surface area contributed by atoms with E-state index in [0.717, 1.165) is 54.4 Å². The van der Waals surface area contributed by atoms with E-state index in [1.807, 2.05) is 43.3 Å². The van der Waals surface area contributed by atoms with Crippen molar-refractivity contribution < 1.29 is 9.53 Å². The summed E-state index contributed by atoms with van der Waals surface area (Å²) in [5, 5.41) is 3.04. The van der Waals surface area contributed by atoms with E-state index in [9.17, 15) is 4.79 Å². The highest BCUT2D eigenvalue weighted by atomic mass is 16.5. The van der Waals surface area contributed by atoms with Crippen LogP contribution in [0.4, 0.5) is 16.4 Å². The minimum atomic E-state index is -0.132. The standard InChI is InChI=1S/C29H36N6O2/c1-20(2)22-8-10-23(11-9-22)30-29(36)35-13-12-26-25(19-35)27(37-24-7-5-6-21(3)18-24)32-28(31-26)34-16-14-33(4)15-17-34/h5-11,18,20H,12-17,19H2,1-4H3,(H,30,36). The van der Waals surface area contributed by atoms with Crippen molar-refractivity contribution in [2.24, 2.45) is 0 Å². The Balaban J connectivity index is 1.39. The number of benzene rings is 2. The van der Waals surface area contributed by atoms with Gasteiger partial charge in [-0.2, -0.15) is 4.98 Å². The number of likely N-dealkylation sites (N-methyl/N-ethyl adjacent to an activating group) is 1. The maximum absolute atomic E-state index is 13.2. The summed E-state index contributed by atoms with van der Waals surface area (Å²) < 4.78 is 6.35. The molecule has 1 aromatic heterocycles. The van der Waals surface area contributed by atoms with Gasteiger partial charge in [0, 0.05) is 44.8 Å². The fraction of sp³-hybridized carbons (Fsp3) is 0.414. The van der Waals surface area contributed by atoms with E-state index >= 15 is 0 Å². The van der Waals surface area contributed by atoms with Crippen LogP contribution in [0.1, 0.15) is 42.1 Å². The molecule has 194 valence electrons. The maximum atomic E-state index is 13.2. The van der Waals surface area contributed by atoms with Crippen LogP contribution in [0.2, 0.25) is 0 Å². The van der Waals surface area contributed by atoms with E-state index in [0.29, 0.717) is 37.3 Å². The molecule has 8 heteroatoms. The first-order valence-corrected chi connectivity index (χ1v) is 13.1. The Bertz CT molecular complexity index is 1250. The predicted molar refractivity (Wildman–Crippen MR) is 147 cm³/mol. The lowest BCUT2D eigenvalue weighted by atomic mass is 10.0. The first-order valence-electron chi connectivity index (χ1n) is 13.1. The van der Waals surface area contributed by atoms with Crippen molar-refractivity contribution in [3.63, 3.8) is 0 Å². The quantitative estimate of drug-likeness (QED) is 0.529. The molecule has 1 saturated heterocycles. The van der Waals surface area contributed by atoms with Crippen molar-refractivity contribution in [1.82, 2.24) is 19.8 Å². The van der Waals surface area contributed by atoms with E-state index in [4.69, 9.17) is 14.7 Å². The first kappa shape index (κ1) is 25.0. The highest BCUT2D eigenvalue weighted by Crippen LogP contribution is 2.32. The lowest BCUT2D eigenvalue weighted by Gasteiger charge is -2.34. The van der Waals surface area contributed by atoms with Gasteiger partial charge in [-0.1, -0.05) is 38.1 Å². The summed E-state index contributed by atoms with van der Waals surface area (Å²) in [5.74, 6) is 2.42. The van der Waals surface area contributed by atoms with Crippen LogP contribution in [-0.4, -0.2) is 65.6 Å². The number of amides is 2. The Kier molecular flexibility index (Phi) is 7.28. The molecule has 37 heavy (non-hydrogen) atoms. The number of rotatable bonds is 5. The predicted octanol–water partition coefficient (Wildman–Crippen LogP) is 5.04. The second-order valence-electron chi connectivity index (χ2n) is 10.3. The Morgan fingerprint density at radius 3 is 2.46 bits per heavy atom. The number of nitrogens with zero attached hydrogens (tertiary/aromatic N) is 5. The normalized spacial score (nSPS) is 16.0. The third kappa shape index (κ3) is 5.85. The lowest BCUT2D eigenvalue weighted by molar-refractivity contribution is 0.205. The monoisotopic (exact) mass is 500 g/mol. The zero-order chi connectivity index (χ0) is 25.9. The summed E-state index contributed by atoms with van der Waals surface area (Å²) in [6.45, 7) is 11.0. The molecule has 0 saturated carbocycles. The van der Waals surface area contributed by atoms with Crippen molar-refractivity contribution in [1.29, 1.82) is 0 Å². The lowest BCUT2D eigenvalue weighted by Crippen LogP contribution is -2.45. The van der Waals surface area contributed by atoms with Crippen LogP contribution in [0.5, 0.6) is 11.6 Å². The molecule has 5 rings (SSSR count). The van der Waals surface area contributed by atoms with Crippen LogP contribution in [0, 0.1) is 6.92 Å². The molecule has 0 atom stereocenters. The van der Waals surface area contributed by atoms with Crippen molar-refractivity contribution in [2.75, 3.05) is 50.0 Å². The van der Waals surface area contributed by atoms with Gasteiger partial charge in [-0.15, -0.1) is 0 Å². The number of ether oxygens (including phenoxy) is 1. The molecule has 0 unspecified atom stereocenters. The minimum absolute atomic E-state index is 0.132. The van der Waals surface area contributed by atoms with Crippen molar-refractivity contribution >= 4 is 17.7 Å². The molecule has 8 nitrogen and oxygen atoms in total. The Morgan fingerprint density at radius 1 is 1.00 bits per heavy atom. The van der Waals surface area contributed by atoms with E-state index < -0.39 is 0 Å². The Morgan fingerprint density at radius 2 is 1.76 bits per heavy atom. The maximum Gasteiger partial charge on any atom is 0.322 e. The average Bonchev–Trinajstić information content (AvgIpc) is 2.89. The number of nitrogens with one attached hydrogen (secondary N) is 1. The fourth-order valence-electron chi connectivity index (χ4n) is 4.72. The molecule has 0 aliphatic carbocycles. The van der Waals surface area contributed by atoms with E-state index in [2.05, 4.69) is 48.1 Å². The van der Waals surface area contributed by atoms with Gasteiger partial charge in [0.1, 0.15) is 5.75 Å². The number of aryl methyl sites for hydroxylation is 1. The molecule has 1 fully saturated rings. The third-order valence-electron chi connectivity index (χ3n) is 7.12. The van der Waals surface area contributed by atoms with Gasteiger partial charge in [0.25, 0.3) is 0 Å². The number of hydrogen-bond acceptors (Lipinski definition) is 6. The van der Waals surface area contributed by atoms with Gasteiger partial charge < -0.3 is 24.8 Å². The number of carbonyl (C=O) groups is 1. The van der Waals surface area contributed by atoms with Crippen LogP contribution in [-0.2, 0) is 13.0 Å². The molecule has 3 heterocycles. The zero-order valence-corrected chi connectivity index (χ0v) is 22.2. The van der Waals surface area contributed by atoms with E-state index in [1.165, 1.54) is 5.56 Å². The molecular weight excluding hydrogens is 464 g/mol. The van der Waals surface area contributed by atoms with Crippen molar-refractivity contribution in [3.05, 3.63) is 70.9 Å².